The summed E-state index contributed by atoms with van der Waals surface area (Å²) >= 11 is 0. The van der Waals surface area contributed by atoms with Gasteiger partial charge in [-0.25, -0.2) is 9.50 Å². The predicted molar refractivity (Wildman–Crippen MR) is 89.1 cm³/mol. The van der Waals surface area contributed by atoms with Gasteiger partial charge in [-0.3, -0.25) is 0 Å². The highest BCUT2D eigenvalue weighted by atomic mass is 15.3. The molecule has 4 nitrogen and oxygen atoms in total. The number of hydrogen-bond acceptors (Lipinski definition) is 3. The van der Waals surface area contributed by atoms with Gasteiger partial charge >= 0.3 is 0 Å². The fraction of sp³-hybridized carbons (Fsp3) is 0.647. The molecule has 0 aliphatic heterocycles. The summed E-state index contributed by atoms with van der Waals surface area (Å²) in [6, 6.07) is 2.28. The summed E-state index contributed by atoms with van der Waals surface area (Å²) in [6.07, 6.45) is 8.46. The van der Waals surface area contributed by atoms with Crippen LogP contribution < -0.4 is 4.90 Å². The lowest BCUT2D eigenvalue weighted by molar-refractivity contribution is 0.641. The highest BCUT2D eigenvalue weighted by molar-refractivity contribution is 5.69. The van der Waals surface area contributed by atoms with E-state index in [1.54, 1.807) is 6.33 Å². The lowest BCUT2D eigenvalue weighted by Gasteiger charge is -2.22. The molecule has 21 heavy (non-hydrogen) atoms. The molecule has 0 spiro atoms. The Bertz CT molecular complexity index is 551. The van der Waals surface area contributed by atoms with Crippen molar-refractivity contribution in [3.8, 4) is 0 Å². The summed E-state index contributed by atoms with van der Waals surface area (Å²) < 4.78 is 1.99. The van der Waals surface area contributed by atoms with Gasteiger partial charge in [-0.15, -0.1) is 0 Å². The number of rotatable bonds is 8. The Morgan fingerprint density at radius 3 is 2.33 bits per heavy atom. The fourth-order valence-corrected chi connectivity index (χ4v) is 3.03. The molecule has 0 bridgehead atoms. The van der Waals surface area contributed by atoms with Gasteiger partial charge in [0.2, 0.25) is 0 Å². The maximum atomic E-state index is 4.56. The first-order valence-electron chi connectivity index (χ1n) is 8.33. The average molecular weight is 288 g/mol. The van der Waals surface area contributed by atoms with Gasteiger partial charge < -0.3 is 4.90 Å². The van der Waals surface area contributed by atoms with Crippen LogP contribution in [-0.2, 0) is 0 Å². The molecule has 2 aromatic heterocycles. The van der Waals surface area contributed by atoms with Crippen molar-refractivity contribution >= 4 is 11.3 Å². The summed E-state index contributed by atoms with van der Waals surface area (Å²) in [5.74, 6) is 1.69. The minimum Gasteiger partial charge on any atom is -0.355 e. The van der Waals surface area contributed by atoms with Gasteiger partial charge in [-0.05, 0) is 43.2 Å². The van der Waals surface area contributed by atoms with Gasteiger partial charge in [0.1, 0.15) is 11.8 Å². The highest BCUT2D eigenvalue weighted by Gasteiger charge is 2.15. The Morgan fingerprint density at radius 2 is 1.76 bits per heavy atom. The van der Waals surface area contributed by atoms with E-state index in [9.17, 15) is 0 Å². The molecule has 0 aromatic carbocycles. The molecule has 0 aliphatic rings. The summed E-state index contributed by atoms with van der Waals surface area (Å²) in [6.45, 7) is 11.0. The zero-order valence-electron chi connectivity index (χ0n) is 13.8. The van der Waals surface area contributed by atoms with Gasteiger partial charge in [-0.2, -0.15) is 5.10 Å². The van der Waals surface area contributed by atoms with Crippen LogP contribution in [0.5, 0.6) is 0 Å². The minimum absolute atomic E-state index is 0.616. The van der Waals surface area contributed by atoms with Crippen molar-refractivity contribution < 1.29 is 0 Å². The molecule has 2 heterocycles. The largest absolute Gasteiger partial charge is 0.355 e. The van der Waals surface area contributed by atoms with Gasteiger partial charge in [0.05, 0.1) is 0 Å². The van der Waals surface area contributed by atoms with E-state index in [0.29, 0.717) is 5.92 Å². The second kappa shape index (κ2) is 7.43. The number of aromatic nitrogens is 3. The molecule has 0 unspecified atom stereocenters. The topological polar surface area (TPSA) is 33.4 Å². The Balaban J connectivity index is 2.44. The predicted octanol–water partition coefficient (Wildman–Crippen LogP) is 4.26. The van der Waals surface area contributed by atoms with Crippen molar-refractivity contribution in [2.24, 2.45) is 0 Å². The van der Waals surface area contributed by atoms with Crippen LogP contribution in [0.25, 0.3) is 5.52 Å². The Kier molecular flexibility index (Phi) is 5.59. The number of anilines is 1. The molecular weight excluding hydrogens is 260 g/mol. The lowest BCUT2D eigenvalue weighted by Crippen LogP contribution is -2.26. The molecular formula is C17H28N4. The molecule has 0 aliphatic carbocycles. The average Bonchev–Trinajstić information content (AvgIpc) is 2.92. The normalized spacial score (nSPS) is 11.5. The maximum Gasteiger partial charge on any atom is 0.156 e. The van der Waals surface area contributed by atoms with Crippen LogP contribution in [0.2, 0.25) is 0 Å². The molecule has 0 amide bonds. The quantitative estimate of drug-likeness (QED) is 0.727. The van der Waals surface area contributed by atoms with Gasteiger partial charge in [0.25, 0.3) is 0 Å². The van der Waals surface area contributed by atoms with E-state index in [4.69, 9.17) is 0 Å². The molecule has 0 saturated carbocycles. The number of nitrogens with zero attached hydrogens (tertiary/aromatic N) is 4. The molecule has 0 radical (unpaired) electrons. The zero-order valence-corrected chi connectivity index (χ0v) is 13.8. The SMILES string of the molecule is CCCN(CCC)c1ncnn2cc(C(CC)CC)cc12. The first-order chi connectivity index (χ1) is 10.2. The monoisotopic (exact) mass is 288 g/mol. The molecule has 0 saturated heterocycles. The van der Waals surface area contributed by atoms with E-state index in [1.807, 2.05) is 4.52 Å². The second-order valence-electron chi connectivity index (χ2n) is 5.69. The first-order valence-corrected chi connectivity index (χ1v) is 8.33. The van der Waals surface area contributed by atoms with Gasteiger partial charge in [0, 0.05) is 19.3 Å². The summed E-state index contributed by atoms with van der Waals surface area (Å²) in [5.41, 5.74) is 2.52. The van der Waals surface area contributed by atoms with Crippen LogP contribution >= 0.6 is 0 Å². The molecule has 116 valence electrons. The smallest absolute Gasteiger partial charge is 0.156 e. The standard InChI is InChI=1S/C17H28N4/c1-5-9-20(10-6-2)17-16-11-15(14(7-3)8-4)12-21(16)19-13-18-17/h11-14H,5-10H2,1-4H3. The first kappa shape index (κ1) is 15.8. The fourth-order valence-electron chi connectivity index (χ4n) is 3.03. The Hall–Kier alpha value is -1.58. The Labute approximate surface area is 128 Å². The second-order valence-corrected chi connectivity index (χ2v) is 5.69. The third kappa shape index (κ3) is 3.36. The highest BCUT2D eigenvalue weighted by Crippen LogP contribution is 2.28. The third-order valence-electron chi connectivity index (χ3n) is 4.15. The molecule has 4 heteroatoms. The van der Waals surface area contributed by atoms with Crippen LogP contribution in [0.3, 0.4) is 0 Å². The van der Waals surface area contributed by atoms with E-state index in [1.165, 1.54) is 18.4 Å². The van der Waals surface area contributed by atoms with Crippen LogP contribution in [0.15, 0.2) is 18.6 Å². The molecule has 2 rings (SSSR count). The number of hydrogen-bond donors (Lipinski definition) is 0. The minimum atomic E-state index is 0.616. The Morgan fingerprint density at radius 1 is 1.10 bits per heavy atom. The lowest BCUT2D eigenvalue weighted by atomic mass is 9.96. The van der Waals surface area contributed by atoms with E-state index in [0.717, 1.165) is 37.3 Å². The van der Waals surface area contributed by atoms with Crippen molar-refractivity contribution in [1.82, 2.24) is 14.6 Å². The van der Waals surface area contributed by atoms with Crippen molar-refractivity contribution in [2.75, 3.05) is 18.0 Å². The summed E-state index contributed by atoms with van der Waals surface area (Å²) in [4.78, 5) is 6.95. The molecule has 2 aromatic rings. The summed E-state index contributed by atoms with van der Waals surface area (Å²) in [7, 11) is 0. The van der Waals surface area contributed by atoms with Gasteiger partial charge in [-0.1, -0.05) is 27.7 Å². The van der Waals surface area contributed by atoms with Crippen molar-refractivity contribution in [1.29, 1.82) is 0 Å². The zero-order chi connectivity index (χ0) is 15.2. The van der Waals surface area contributed by atoms with Crippen LogP contribution in [0.4, 0.5) is 5.82 Å². The van der Waals surface area contributed by atoms with Crippen molar-refractivity contribution in [3.05, 3.63) is 24.2 Å². The van der Waals surface area contributed by atoms with Crippen LogP contribution in [0, 0.1) is 0 Å². The maximum absolute atomic E-state index is 4.56. The van der Waals surface area contributed by atoms with Crippen LogP contribution in [0.1, 0.15) is 64.9 Å². The molecule has 0 N–H and O–H groups in total. The van der Waals surface area contributed by atoms with E-state index in [2.05, 4.69) is 54.9 Å². The van der Waals surface area contributed by atoms with E-state index in [-0.39, 0.29) is 0 Å². The van der Waals surface area contributed by atoms with Gasteiger partial charge in [0.15, 0.2) is 5.82 Å². The number of fused-ring (bicyclic) bond motifs is 1. The van der Waals surface area contributed by atoms with Crippen molar-refractivity contribution in [2.45, 2.75) is 59.3 Å². The van der Waals surface area contributed by atoms with E-state index < -0.39 is 0 Å². The van der Waals surface area contributed by atoms with Crippen molar-refractivity contribution in [3.63, 3.8) is 0 Å². The molecule has 0 atom stereocenters. The molecule has 0 fully saturated rings. The summed E-state index contributed by atoms with van der Waals surface area (Å²) in [5, 5.41) is 4.40. The van der Waals surface area contributed by atoms with Crippen LogP contribution in [-0.4, -0.2) is 27.7 Å². The third-order valence-corrected chi connectivity index (χ3v) is 4.15. The van der Waals surface area contributed by atoms with E-state index >= 15 is 0 Å².